The number of aromatic hydroxyl groups is 1. The maximum Gasteiger partial charge on any atom is 0.160 e. The molecule has 4 heteroatoms. The molecule has 0 amide bonds. The summed E-state index contributed by atoms with van der Waals surface area (Å²) in [5.41, 5.74) is 1.28. The van der Waals surface area contributed by atoms with Crippen molar-refractivity contribution >= 4 is 8.07 Å². The molecule has 1 aliphatic heterocycles. The smallest absolute Gasteiger partial charge is 0.160 e. The molecule has 0 atom stereocenters. The fourth-order valence-electron chi connectivity index (χ4n) is 3.08. The molecule has 1 aromatic carbocycles. The number of hydrogen-bond acceptors (Lipinski definition) is 2. The van der Waals surface area contributed by atoms with Crippen LogP contribution in [0.25, 0.3) is 0 Å². The van der Waals surface area contributed by atoms with Crippen molar-refractivity contribution in [1.29, 1.82) is 0 Å². The van der Waals surface area contributed by atoms with Crippen LogP contribution in [0, 0.1) is 0 Å². The Kier molecular flexibility index (Phi) is 5.88. The van der Waals surface area contributed by atoms with E-state index in [1.54, 1.807) is 13.2 Å². The summed E-state index contributed by atoms with van der Waals surface area (Å²) >= 11 is 0. The van der Waals surface area contributed by atoms with Crippen LogP contribution in [0.4, 0.5) is 0 Å². The lowest BCUT2D eigenvalue weighted by Gasteiger charge is -2.20. The van der Waals surface area contributed by atoms with Crippen LogP contribution in [0.15, 0.2) is 18.2 Å². The summed E-state index contributed by atoms with van der Waals surface area (Å²) in [6, 6.07) is 10.2. The van der Waals surface area contributed by atoms with E-state index in [-0.39, 0.29) is 11.2 Å². The largest absolute Gasteiger partial charge is 0.504 e. The molecule has 1 fully saturated rings. The minimum atomic E-state index is -0.854. The van der Waals surface area contributed by atoms with Crippen LogP contribution in [-0.4, -0.2) is 25.8 Å². The highest BCUT2D eigenvalue weighted by Crippen LogP contribution is 2.34. The number of ether oxygens (including phenoxy) is 1. The molecular formula is C15H26O3Si. The molecule has 0 aromatic heterocycles. The third-order valence-electron chi connectivity index (χ3n) is 4.30. The Labute approximate surface area is 116 Å². The van der Waals surface area contributed by atoms with Gasteiger partial charge >= 0.3 is 0 Å². The van der Waals surface area contributed by atoms with E-state index in [0.29, 0.717) is 5.75 Å². The lowest BCUT2D eigenvalue weighted by Crippen LogP contribution is -2.24. The van der Waals surface area contributed by atoms with Gasteiger partial charge in [0.15, 0.2) is 11.5 Å². The van der Waals surface area contributed by atoms with E-state index in [1.165, 1.54) is 43.0 Å². The number of methoxy groups -OCH3 is 1. The van der Waals surface area contributed by atoms with Crippen LogP contribution in [-0.2, 0) is 6.42 Å². The predicted octanol–water partition coefficient (Wildman–Crippen LogP) is 3.38. The van der Waals surface area contributed by atoms with Crippen LogP contribution < -0.4 is 4.74 Å². The van der Waals surface area contributed by atoms with E-state index >= 15 is 0 Å². The Hall–Kier alpha value is -1.00. The lowest BCUT2D eigenvalue weighted by molar-refractivity contribution is 0.373. The van der Waals surface area contributed by atoms with Crippen LogP contribution in [0.2, 0.25) is 24.7 Å². The highest BCUT2D eigenvalue weighted by molar-refractivity contribution is 6.79. The number of phenolic OH excluding ortho intramolecular Hbond substituents is 1. The van der Waals surface area contributed by atoms with Crippen molar-refractivity contribution in [3.05, 3.63) is 23.8 Å². The van der Waals surface area contributed by atoms with Gasteiger partial charge in [-0.15, -0.1) is 0 Å². The average molecular weight is 282 g/mol. The second-order valence-corrected chi connectivity index (χ2v) is 11.0. The van der Waals surface area contributed by atoms with Gasteiger partial charge in [0.25, 0.3) is 0 Å². The third-order valence-corrected chi connectivity index (χ3v) is 8.98. The van der Waals surface area contributed by atoms with E-state index in [2.05, 4.69) is 6.55 Å². The fraction of sp³-hybridized carbons (Fsp3) is 0.600. The Bertz CT molecular complexity index is 400. The molecule has 0 spiro atoms. The van der Waals surface area contributed by atoms with Crippen LogP contribution >= 0.6 is 0 Å². The Morgan fingerprint density at radius 2 is 1.95 bits per heavy atom. The molecule has 1 aliphatic rings. The molecule has 1 saturated heterocycles. The van der Waals surface area contributed by atoms with Gasteiger partial charge in [-0.1, -0.05) is 50.0 Å². The summed E-state index contributed by atoms with van der Waals surface area (Å²) in [7, 11) is 0.749. The Balaban J connectivity index is 0.00000180. The molecule has 19 heavy (non-hydrogen) atoms. The van der Waals surface area contributed by atoms with Gasteiger partial charge in [0.1, 0.15) is 0 Å². The first kappa shape index (κ1) is 16.1. The van der Waals surface area contributed by atoms with Crippen molar-refractivity contribution in [2.75, 3.05) is 7.11 Å². The number of hydrogen-bond donors (Lipinski definition) is 1. The van der Waals surface area contributed by atoms with Gasteiger partial charge in [-0.3, -0.25) is 0 Å². The first-order valence-electron chi connectivity index (χ1n) is 6.99. The Morgan fingerprint density at radius 1 is 1.26 bits per heavy atom. The van der Waals surface area contributed by atoms with Crippen LogP contribution in [0.5, 0.6) is 11.5 Å². The minimum absolute atomic E-state index is 0. The predicted molar refractivity (Wildman–Crippen MR) is 81.9 cm³/mol. The van der Waals surface area contributed by atoms with Crippen molar-refractivity contribution in [3.63, 3.8) is 0 Å². The summed E-state index contributed by atoms with van der Waals surface area (Å²) in [5, 5.41) is 9.56. The van der Waals surface area contributed by atoms with E-state index in [9.17, 15) is 5.11 Å². The average Bonchev–Trinajstić information content (AvgIpc) is 2.78. The standard InChI is InChI=1S/C15H24O2Si.H2O/c1-17-15-12-13(7-8-14(15)16)6-5-11-18(2)9-3-4-10-18;/h7-8,12,16H,3-6,9-11H2,1-2H3;1H2. The number of benzene rings is 1. The SMILES string of the molecule is COc1cc(CCC[Si]2(C)CCCC2)ccc1O.O. The summed E-state index contributed by atoms with van der Waals surface area (Å²) in [4.78, 5) is 0. The first-order valence-corrected chi connectivity index (χ1v) is 10.1. The third kappa shape index (κ3) is 4.25. The number of phenols is 1. The zero-order valence-corrected chi connectivity index (χ0v) is 13.0. The van der Waals surface area contributed by atoms with Crippen molar-refractivity contribution in [1.82, 2.24) is 0 Å². The van der Waals surface area contributed by atoms with Gasteiger partial charge in [-0.2, -0.15) is 0 Å². The van der Waals surface area contributed by atoms with E-state index in [0.717, 1.165) is 6.42 Å². The molecule has 3 nitrogen and oxygen atoms in total. The molecule has 1 heterocycles. The maximum absolute atomic E-state index is 9.56. The quantitative estimate of drug-likeness (QED) is 0.842. The van der Waals surface area contributed by atoms with E-state index in [4.69, 9.17) is 4.74 Å². The molecule has 3 N–H and O–H groups in total. The highest BCUT2D eigenvalue weighted by atomic mass is 28.3. The molecule has 0 radical (unpaired) electrons. The van der Waals surface area contributed by atoms with Gasteiger partial charge < -0.3 is 15.3 Å². The fourth-order valence-corrected chi connectivity index (χ4v) is 7.06. The molecule has 1 aromatic rings. The summed E-state index contributed by atoms with van der Waals surface area (Å²) in [6.07, 6.45) is 5.33. The number of aryl methyl sites for hydroxylation is 1. The zero-order valence-electron chi connectivity index (χ0n) is 12.0. The molecule has 0 saturated carbocycles. The molecule has 108 valence electrons. The van der Waals surface area contributed by atoms with Crippen molar-refractivity contribution in [3.8, 4) is 11.5 Å². The van der Waals surface area contributed by atoms with Gasteiger partial charge in [0, 0.05) is 0 Å². The summed E-state index contributed by atoms with van der Waals surface area (Å²) < 4.78 is 5.14. The van der Waals surface area contributed by atoms with Crippen LogP contribution in [0.3, 0.4) is 0 Å². The lowest BCUT2D eigenvalue weighted by atomic mass is 10.1. The van der Waals surface area contributed by atoms with Crippen molar-refractivity contribution in [2.24, 2.45) is 0 Å². The topological polar surface area (TPSA) is 61.0 Å². The van der Waals surface area contributed by atoms with Crippen LogP contribution in [0.1, 0.15) is 24.8 Å². The maximum atomic E-state index is 9.56. The molecular weight excluding hydrogens is 256 g/mol. The molecule has 0 bridgehead atoms. The normalized spacial score (nSPS) is 16.9. The second kappa shape index (κ2) is 6.96. The first-order chi connectivity index (χ1) is 8.63. The van der Waals surface area contributed by atoms with Gasteiger partial charge in [-0.05, 0) is 24.1 Å². The van der Waals surface area contributed by atoms with Crippen molar-refractivity contribution in [2.45, 2.75) is 50.4 Å². The van der Waals surface area contributed by atoms with Gasteiger partial charge in [-0.25, -0.2) is 0 Å². The molecule has 2 rings (SSSR count). The van der Waals surface area contributed by atoms with Gasteiger partial charge in [0.05, 0.1) is 15.2 Å². The Morgan fingerprint density at radius 3 is 2.58 bits per heavy atom. The van der Waals surface area contributed by atoms with E-state index in [1.807, 2.05) is 12.1 Å². The van der Waals surface area contributed by atoms with Crippen molar-refractivity contribution < 1.29 is 15.3 Å². The molecule has 0 unspecified atom stereocenters. The summed E-state index contributed by atoms with van der Waals surface area (Å²) in [5.74, 6) is 0.829. The van der Waals surface area contributed by atoms with Gasteiger partial charge in [0.2, 0.25) is 0 Å². The monoisotopic (exact) mass is 282 g/mol. The zero-order chi connectivity index (χ0) is 13.0. The van der Waals surface area contributed by atoms with E-state index < -0.39 is 8.07 Å². The second-order valence-electron chi connectivity index (χ2n) is 5.88. The highest BCUT2D eigenvalue weighted by Gasteiger charge is 2.29. The molecule has 0 aliphatic carbocycles. The minimum Gasteiger partial charge on any atom is -0.504 e. The summed E-state index contributed by atoms with van der Waals surface area (Å²) in [6.45, 7) is 2.57. The number of rotatable bonds is 5.